The summed E-state index contributed by atoms with van der Waals surface area (Å²) in [6.45, 7) is 0. The van der Waals surface area contributed by atoms with Crippen LogP contribution in [-0.4, -0.2) is 23.3 Å². The van der Waals surface area contributed by atoms with Gasteiger partial charge in [-0.1, -0.05) is 6.07 Å². The van der Waals surface area contributed by atoms with Crippen LogP contribution in [0.15, 0.2) is 41.6 Å². The first kappa shape index (κ1) is 11.5. The number of aromatic hydroxyl groups is 1. The van der Waals surface area contributed by atoms with Gasteiger partial charge in [0, 0.05) is 19.3 Å². The molecular weight excluding hydrogens is 242 g/mol. The maximum Gasteiger partial charge on any atom is 0.262 e. The van der Waals surface area contributed by atoms with E-state index in [1.165, 1.54) is 35.1 Å². The van der Waals surface area contributed by atoms with Crippen LogP contribution in [0.25, 0.3) is 0 Å². The SMILES string of the molecule is Cn1cc(NS(=O)(=O)c2cccc(O)c2)cn1. The molecule has 0 atom stereocenters. The number of aromatic nitrogens is 2. The highest BCUT2D eigenvalue weighted by Gasteiger charge is 2.15. The highest BCUT2D eigenvalue weighted by molar-refractivity contribution is 7.92. The van der Waals surface area contributed by atoms with Gasteiger partial charge in [-0.25, -0.2) is 8.42 Å². The van der Waals surface area contributed by atoms with Crippen molar-refractivity contribution in [1.29, 1.82) is 0 Å². The Balaban J connectivity index is 2.31. The number of rotatable bonds is 3. The number of sulfonamides is 1. The van der Waals surface area contributed by atoms with E-state index < -0.39 is 10.0 Å². The van der Waals surface area contributed by atoms with Gasteiger partial charge in [0.15, 0.2) is 0 Å². The number of nitrogens with zero attached hydrogens (tertiary/aromatic N) is 2. The Morgan fingerprint density at radius 1 is 1.41 bits per heavy atom. The van der Waals surface area contributed by atoms with Crippen molar-refractivity contribution in [1.82, 2.24) is 9.78 Å². The van der Waals surface area contributed by atoms with E-state index in [0.717, 1.165) is 0 Å². The highest BCUT2D eigenvalue weighted by atomic mass is 32.2. The van der Waals surface area contributed by atoms with E-state index in [-0.39, 0.29) is 10.6 Å². The highest BCUT2D eigenvalue weighted by Crippen LogP contribution is 2.18. The third-order valence-corrected chi connectivity index (χ3v) is 3.46. The fourth-order valence-corrected chi connectivity index (χ4v) is 2.41. The van der Waals surface area contributed by atoms with Gasteiger partial charge in [-0.2, -0.15) is 5.10 Å². The number of phenolic OH excluding ortho intramolecular Hbond substituents is 1. The van der Waals surface area contributed by atoms with E-state index in [0.29, 0.717) is 5.69 Å². The summed E-state index contributed by atoms with van der Waals surface area (Å²) in [6, 6.07) is 5.45. The molecular formula is C10H11N3O3S. The van der Waals surface area contributed by atoms with E-state index in [9.17, 15) is 13.5 Å². The quantitative estimate of drug-likeness (QED) is 0.852. The Morgan fingerprint density at radius 3 is 2.76 bits per heavy atom. The van der Waals surface area contributed by atoms with Crippen molar-refractivity contribution in [2.45, 2.75) is 4.90 Å². The van der Waals surface area contributed by atoms with Gasteiger partial charge in [0.05, 0.1) is 16.8 Å². The smallest absolute Gasteiger partial charge is 0.262 e. The fraction of sp³-hybridized carbons (Fsp3) is 0.100. The van der Waals surface area contributed by atoms with Crippen LogP contribution in [0.5, 0.6) is 5.75 Å². The van der Waals surface area contributed by atoms with Crippen molar-refractivity contribution in [2.24, 2.45) is 7.05 Å². The lowest BCUT2D eigenvalue weighted by molar-refractivity contribution is 0.473. The van der Waals surface area contributed by atoms with E-state index in [1.54, 1.807) is 13.2 Å². The lowest BCUT2D eigenvalue weighted by Gasteiger charge is -2.05. The van der Waals surface area contributed by atoms with Crippen LogP contribution >= 0.6 is 0 Å². The summed E-state index contributed by atoms with van der Waals surface area (Å²) in [7, 11) is -2.00. The molecule has 0 aliphatic rings. The number of hydrogen-bond acceptors (Lipinski definition) is 4. The van der Waals surface area contributed by atoms with Crippen molar-refractivity contribution >= 4 is 15.7 Å². The summed E-state index contributed by atoms with van der Waals surface area (Å²) in [4.78, 5) is 0.00125. The average molecular weight is 253 g/mol. The second-order valence-corrected chi connectivity index (χ2v) is 5.19. The summed E-state index contributed by atoms with van der Waals surface area (Å²) in [6.07, 6.45) is 2.95. The number of hydrogen-bond donors (Lipinski definition) is 2. The molecule has 2 N–H and O–H groups in total. The lowest BCUT2D eigenvalue weighted by Crippen LogP contribution is -2.12. The average Bonchev–Trinajstić information content (AvgIpc) is 2.63. The minimum absolute atomic E-state index is 0.00125. The van der Waals surface area contributed by atoms with Crippen molar-refractivity contribution in [3.63, 3.8) is 0 Å². The zero-order chi connectivity index (χ0) is 12.5. The second-order valence-electron chi connectivity index (χ2n) is 3.51. The molecule has 90 valence electrons. The number of nitrogens with one attached hydrogen (secondary N) is 1. The Morgan fingerprint density at radius 2 is 2.18 bits per heavy atom. The summed E-state index contributed by atoms with van der Waals surface area (Å²) in [5.74, 6) is -0.0981. The zero-order valence-electron chi connectivity index (χ0n) is 9.03. The maximum absolute atomic E-state index is 11.9. The molecule has 1 aromatic heterocycles. The number of aryl methyl sites for hydroxylation is 1. The molecule has 2 aromatic rings. The van der Waals surface area contributed by atoms with Gasteiger partial charge in [0.25, 0.3) is 10.0 Å². The Bertz CT molecular complexity index is 634. The molecule has 0 aliphatic heterocycles. The monoisotopic (exact) mass is 253 g/mol. The van der Waals surface area contributed by atoms with Gasteiger partial charge in [-0.3, -0.25) is 9.40 Å². The molecule has 7 heteroatoms. The van der Waals surface area contributed by atoms with Crippen LogP contribution in [0.1, 0.15) is 0 Å². The maximum atomic E-state index is 11.9. The van der Waals surface area contributed by atoms with E-state index in [4.69, 9.17) is 0 Å². The molecule has 0 bridgehead atoms. The molecule has 0 amide bonds. The van der Waals surface area contributed by atoms with Gasteiger partial charge in [-0.15, -0.1) is 0 Å². The molecule has 0 radical (unpaired) electrons. The van der Waals surface area contributed by atoms with Gasteiger partial charge < -0.3 is 5.11 Å². The summed E-state index contributed by atoms with van der Waals surface area (Å²) in [5, 5.41) is 13.1. The van der Waals surface area contributed by atoms with Crippen LogP contribution < -0.4 is 4.72 Å². The lowest BCUT2D eigenvalue weighted by atomic mass is 10.3. The minimum atomic E-state index is -3.69. The molecule has 1 aromatic carbocycles. The largest absolute Gasteiger partial charge is 0.508 e. The predicted molar refractivity (Wildman–Crippen MR) is 62.1 cm³/mol. The van der Waals surface area contributed by atoms with E-state index in [1.807, 2.05) is 0 Å². The van der Waals surface area contributed by atoms with Gasteiger partial charge in [0.2, 0.25) is 0 Å². The standard InChI is InChI=1S/C10H11N3O3S/c1-13-7-8(6-11-13)12-17(15,16)10-4-2-3-9(14)5-10/h2-7,12,14H,1H3. The third-order valence-electron chi connectivity index (χ3n) is 2.09. The Labute approximate surface area is 98.6 Å². The van der Waals surface area contributed by atoms with Crippen LogP contribution in [0.3, 0.4) is 0 Å². The third kappa shape index (κ3) is 2.56. The summed E-state index contributed by atoms with van der Waals surface area (Å²) in [5.41, 5.74) is 0.371. The molecule has 0 saturated heterocycles. The van der Waals surface area contributed by atoms with Crippen molar-refractivity contribution in [3.05, 3.63) is 36.7 Å². The normalized spacial score (nSPS) is 11.4. The van der Waals surface area contributed by atoms with Crippen molar-refractivity contribution in [3.8, 4) is 5.75 Å². The second kappa shape index (κ2) is 4.10. The molecule has 6 nitrogen and oxygen atoms in total. The molecule has 0 fully saturated rings. The van der Waals surface area contributed by atoms with Crippen molar-refractivity contribution < 1.29 is 13.5 Å². The topological polar surface area (TPSA) is 84.2 Å². The van der Waals surface area contributed by atoms with Gasteiger partial charge in [0.1, 0.15) is 5.75 Å². The van der Waals surface area contributed by atoms with Crippen LogP contribution in [0.4, 0.5) is 5.69 Å². The summed E-state index contributed by atoms with van der Waals surface area (Å²) >= 11 is 0. The van der Waals surface area contributed by atoms with Crippen LogP contribution in [0.2, 0.25) is 0 Å². The molecule has 2 rings (SSSR count). The van der Waals surface area contributed by atoms with Crippen LogP contribution in [-0.2, 0) is 17.1 Å². The molecule has 0 aliphatic carbocycles. The van der Waals surface area contributed by atoms with E-state index >= 15 is 0 Å². The first-order valence-electron chi connectivity index (χ1n) is 4.78. The number of anilines is 1. The molecule has 17 heavy (non-hydrogen) atoms. The molecule has 1 heterocycles. The Kier molecular flexibility index (Phi) is 2.76. The first-order chi connectivity index (χ1) is 7.97. The zero-order valence-corrected chi connectivity index (χ0v) is 9.85. The van der Waals surface area contributed by atoms with E-state index in [2.05, 4.69) is 9.82 Å². The fourth-order valence-electron chi connectivity index (χ4n) is 1.34. The van der Waals surface area contributed by atoms with Crippen molar-refractivity contribution in [2.75, 3.05) is 4.72 Å². The molecule has 0 spiro atoms. The Hall–Kier alpha value is -2.02. The first-order valence-corrected chi connectivity index (χ1v) is 6.26. The number of benzene rings is 1. The van der Waals surface area contributed by atoms with Crippen LogP contribution in [0, 0.1) is 0 Å². The summed E-state index contributed by atoms with van der Waals surface area (Å²) < 4.78 is 27.7. The predicted octanol–water partition coefficient (Wildman–Crippen LogP) is 0.926. The number of phenols is 1. The minimum Gasteiger partial charge on any atom is -0.508 e. The van der Waals surface area contributed by atoms with Gasteiger partial charge >= 0.3 is 0 Å². The van der Waals surface area contributed by atoms with Gasteiger partial charge in [-0.05, 0) is 12.1 Å². The molecule has 0 saturated carbocycles. The molecule has 0 unspecified atom stereocenters.